The van der Waals surface area contributed by atoms with E-state index in [4.69, 9.17) is 0 Å². The Bertz CT molecular complexity index is 364. The van der Waals surface area contributed by atoms with Crippen LogP contribution in [0.2, 0.25) is 0 Å². The molecule has 0 aliphatic rings. The third-order valence-corrected chi connectivity index (χ3v) is 1.99. The molecule has 0 aromatic rings. The summed E-state index contributed by atoms with van der Waals surface area (Å²) in [5.41, 5.74) is 0. The maximum Gasteiger partial charge on any atom is 0.409 e. The number of hydrogen-bond donors (Lipinski definition) is 0. The Morgan fingerprint density at radius 3 is 1.35 bits per heavy atom. The smallest absolute Gasteiger partial charge is 0.409 e. The summed E-state index contributed by atoms with van der Waals surface area (Å²) in [6, 6.07) is 0. The summed E-state index contributed by atoms with van der Waals surface area (Å²) in [5.74, 6) is -15.0. The normalized spacial score (nSPS) is 15.2. The molecule has 3 nitrogen and oxygen atoms in total. The van der Waals surface area contributed by atoms with E-state index in [2.05, 4.69) is 4.74 Å². The molecule has 12 heteroatoms. The summed E-state index contributed by atoms with van der Waals surface area (Å²) < 4.78 is 113. The van der Waals surface area contributed by atoms with E-state index >= 15 is 0 Å². The predicted molar refractivity (Wildman–Crippen MR) is 42.2 cm³/mol. The lowest BCUT2D eigenvalue weighted by Gasteiger charge is -2.25. The molecule has 118 valence electrons. The summed E-state index contributed by atoms with van der Waals surface area (Å²) in [6.07, 6.45) is -18.6. The molecule has 1 unspecified atom stereocenters. The zero-order valence-corrected chi connectivity index (χ0v) is 9.28. The van der Waals surface area contributed by atoms with Crippen molar-refractivity contribution in [2.75, 3.05) is 7.11 Å². The molecule has 0 bridgehead atoms. The van der Waals surface area contributed by atoms with Gasteiger partial charge >= 0.3 is 24.5 Å². The second-order valence-corrected chi connectivity index (χ2v) is 3.42. The van der Waals surface area contributed by atoms with Gasteiger partial charge in [-0.1, -0.05) is 0 Å². The minimum Gasteiger partial charge on any atom is -0.468 e. The highest BCUT2D eigenvalue weighted by atomic mass is 19.4. The summed E-state index contributed by atoms with van der Waals surface area (Å²) in [6.45, 7) is 0. The average Bonchev–Trinajstić information content (AvgIpc) is 2.09. The summed E-state index contributed by atoms with van der Waals surface area (Å²) in [5, 5.41) is 0. The maximum atomic E-state index is 12.3. The van der Waals surface area contributed by atoms with Gasteiger partial charge in [-0.15, -0.1) is 0 Å². The topological polar surface area (TPSA) is 43.4 Å². The highest BCUT2D eigenvalue weighted by molar-refractivity contribution is 6.01. The van der Waals surface area contributed by atoms with Crippen LogP contribution in [0.1, 0.15) is 0 Å². The Morgan fingerprint density at radius 2 is 1.15 bits per heavy atom. The number of carbonyl (C=O) groups excluding carboxylic acids is 2. The second-order valence-electron chi connectivity index (χ2n) is 3.42. The van der Waals surface area contributed by atoms with Gasteiger partial charge in [-0.05, 0) is 0 Å². The molecule has 20 heavy (non-hydrogen) atoms. The molecule has 0 heterocycles. The van der Waals surface area contributed by atoms with Crippen LogP contribution in [-0.4, -0.2) is 37.4 Å². The van der Waals surface area contributed by atoms with Gasteiger partial charge in [0.2, 0.25) is 11.8 Å². The summed E-state index contributed by atoms with van der Waals surface area (Å²) >= 11 is 0. The van der Waals surface area contributed by atoms with Gasteiger partial charge in [0.25, 0.3) is 0 Å². The summed E-state index contributed by atoms with van der Waals surface area (Å²) in [7, 11) is 0.282. The van der Waals surface area contributed by atoms with Crippen molar-refractivity contribution in [2.24, 2.45) is 11.8 Å². The van der Waals surface area contributed by atoms with E-state index in [1.54, 1.807) is 0 Å². The first-order chi connectivity index (χ1) is 8.64. The number of ether oxygens (including phenoxy) is 1. The van der Waals surface area contributed by atoms with E-state index in [0.717, 1.165) is 0 Å². The molecule has 0 saturated carbocycles. The molecule has 1 atom stereocenters. The number of ketones is 1. The van der Waals surface area contributed by atoms with Crippen molar-refractivity contribution in [1.29, 1.82) is 0 Å². The maximum absolute atomic E-state index is 12.3. The number of methoxy groups -OCH3 is 1. The number of halogens is 9. The van der Waals surface area contributed by atoms with E-state index in [-0.39, 0.29) is 7.11 Å². The molecule has 0 amide bonds. The fourth-order valence-corrected chi connectivity index (χ4v) is 1.20. The standard InChI is InChI=1S/C8H5F9O3/c1-20-5(19)2(6(9,10)11)3(18)4(7(12,13)14)8(15,16)17/h2,4H,1H3. The first kappa shape index (κ1) is 18.5. The lowest BCUT2D eigenvalue weighted by atomic mass is 9.91. The van der Waals surface area contributed by atoms with Gasteiger partial charge in [0.05, 0.1) is 7.11 Å². The zero-order valence-electron chi connectivity index (χ0n) is 9.28. The zero-order chi connectivity index (χ0) is 16.5. The minimum absolute atomic E-state index is 0.282. The van der Waals surface area contributed by atoms with Crippen LogP contribution >= 0.6 is 0 Å². The van der Waals surface area contributed by atoms with Crippen LogP contribution < -0.4 is 0 Å². The molecular formula is C8H5F9O3. The monoisotopic (exact) mass is 320 g/mol. The van der Waals surface area contributed by atoms with Crippen LogP contribution in [0, 0.1) is 11.8 Å². The van der Waals surface area contributed by atoms with Crippen LogP contribution in [0.25, 0.3) is 0 Å². The van der Waals surface area contributed by atoms with Gasteiger partial charge in [0, 0.05) is 0 Å². The van der Waals surface area contributed by atoms with Crippen molar-refractivity contribution in [1.82, 2.24) is 0 Å². The Balaban J connectivity index is 5.81. The number of carbonyl (C=O) groups is 2. The number of rotatable bonds is 3. The third kappa shape index (κ3) is 4.27. The molecule has 0 aliphatic carbocycles. The van der Waals surface area contributed by atoms with Gasteiger partial charge in [0.15, 0.2) is 5.78 Å². The van der Waals surface area contributed by atoms with E-state index in [9.17, 15) is 49.1 Å². The number of alkyl halides is 9. The molecule has 0 fully saturated rings. The number of esters is 1. The van der Waals surface area contributed by atoms with E-state index in [1.165, 1.54) is 0 Å². The molecule has 0 saturated heterocycles. The fourth-order valence-electron chi connectivity index (χ4n) is 1.20. The van der Waals surface area contributed by atoms with Crippen molar-refractivity contribution >= 4 is 11.8 Å². The van der Waals surface area contributed by atoms with Gasteiger partial charge in [-0.25, -0.2) is 0 Å². The molecule has 0 aliphatic heterocycles. The molecule has 0 N–H and O–H groups in total. The van der Waals surface area contributed by atoms with Crippen LogP contribution in [0.5, 0.6) is 0 Å². The van der Waals surface area contributed by atoms with Crippen LogP contribution in [0.4, 0.5) is 39.5 Å². The Labute approximate surface area is 104 Å². The van der Waals surface area contributed by atoms with Crippen molar-refractivity contribution < 1.29 is 53.8 Å². The van der Waals surface area contributed by atoms with Crippen molar-refractivity contribution in [3.8, 4) is 0 Å². The Hall–Kier alpha value is -1.49. The van der Waals surface area contributed by atoms with Crippen molar-refractivity contribution in [2.45, 2.75) is 18.5 Å². The third-order valence-electron chi connectivity index (χ3n) is 1.99. The number of Topliss-reactive ketones (excluding diaryl/α,β-unsaturated/α-hetero) is 1. The van der Waals surface area contributed by atoms with Crippen LogP contribution in [0.3, 0.4) is 0 Å². The predicted octanol–water partition coefficient (Wildman–Crippen LogP) is 2.65. The molecule has 0 aromatic heterocycles. The van der Waals surface area contributed by atoms with E-state index < -0.39 is 42.1 Å². The van der Waals surface area contributed by atoms with Crippen molar-refractivity contribution in [3.63, 3.8) is 0 Å². The average molecular weight is 320 g/mol. The largest absolute Gasteiger partial charge is 0.468 e. The van der Waals surface area contributed by atoms with Crippen LogP contribution in [-0.2, 0) is 14.3 Å². The van der Waals surface area contributed by atoms with Crippen molar-refractivity contribution in [3.05, 3.63) is 0 Å². The fraction of sp³-hybridized carbons (Fsp3) is 0.750. The van der Waals surface area contributed by atoms with Gasteiger partial charge in [-0.2, -0.15) is 39.5 Å². The van der Waals surface area contributed by atoms with Gasteiger partial charge in [-0.3, -0.25) is 9.59 Å². The molecule has 0 aromatic carbocycles. The lowest BCUT2D eigenvalue weighted by molar-refractivity contribution is -0.278. The second kappa shape index (κ2) is 5.48. The highest BCUT2D eigenvalue weighted by Gasteiger charge is 2.66. The molecule has 0 radical (unpaired) electrons. The first-order valence-electron chi connectivity index (χ1n) is 4.45. The number of hydrogen-bond acceptors (Lipinski definition) is 3. The SMILES string of the molecule is COC(=O)C(C(=O)C(C(F)(F)F)C(F)(F)F)C(F)(F)F. The first-order valence-corrected chi connectivity index (χ1v) is 4.45. The minimum atomic E-state index is -6.33. The molecule has 0 spiro atoms. The van der Waals surface area contributed by atoms with Gasteiger partial charge in [0.1, 0.15) is 0 Å². The van der Waals surface area contributed by atoms with E-state index in [0.29, 0.717) is 0 Å². The Morgan fingerprint density at radius 1 is 0.800 bits per heavy atom. The lowest BCUT2D eigenvalue weighted by Crippen LogP contribution is -2.50. The Kier molecular flexibility index (Phi) is 5.07. The van der Waals surface area contributed by atoms with Crippen LogP contribution in [0.15, 0.2) is 0 Å². The van der Waals surface area contributed by atoms with E-state index in [1.807, 2.05) is 0 Å². The summed E-state index contributed by atoms with van der Waals surface area (Å²) in [4.78, 5) is 21.6. The highest BCUT2D eigenvalue weighted by Crippen LogP contribution is 2.43. The molecular weight excluding hydrogens is 315 g/mol. The molecule has 0 rings (SSSR count). The van der Waals surface area contributed by atoms with Gasteiger partial charge < -0.3 is 4.74 Å². The quantitative estimate of drug-likeness (QED) is 0.456.